The number of nitrogens with two attached hydrogens (primary N) is 1. The van der Waals surface area contributed by atoms with E-state index in [0.717, 1.165) is 12.8 Å². The van der Waals surface area contributed by atoms with E-state index in [2.05, 4.69) is 6.92 Å². The molecule has 0 saturated carbocycles. The molecule has 0 saturated heterocycles. The Morgan fingerprint density at radius 2 is 1.86 bits per heavy atom. The highest BCUT2D eigenvalue weighted by Crippen LogP contribution is 2.07. The quantitative estimate of drug-likeness (QED) is 0.373. The van der Waals surface area contributed by atoms with Gasteiger partial charge in [0.1, 0.15) is 0 Å². The summed E-state index contributed by atoms with van der Waals surface area (Å²) in [5.41, 5.74) is 5.62. The lowest BCUT2D eigenvalue weighted by atomic mass is 10.1. The van der Waals surface area contributed by atoms with E-state index < -0.39 is 6.23 Å². The second-order valence-electron chi connectivity index (χ2n) is 3.58. The van der Waals surface area contributed by atoms with Crippen LogP contribution < -0.4 is 5.73 Å². The van der Waals surface area contributed by atoms with Crippen molar-refractivity contribution in [1.29, 1.82) is 0 Å². The van der Waals surface area contributed by atoms with E-state index in [-0.39, 0.29) is 5.97 Å². The maximum Gasteiger partial charge on any atom is 0.307 e. The zero-order chi connectivity index (χ0) is 10.8. The smallest absolute Gasteiger partial charge is 0.307 e. The summed E-state index contributed by atoms with van der Waals surface area (Å²) in [5, 5.41) is 0. The molecule has 0 amide bonds. The topological polar surface area (TPSA) is 52.3 Å². The second kappa shape index (κ2) is 9.00. The highest BCUT2D eigenvalue weighted by atomic mass is 16.6. The van der Waals surface area contributed by atoms with Crippen molar-refractivity contribution in [3.63, 3.8) is 0 Å². The van der Waals surface area contributed by atoms with Gasteiger partial charge in [-0.15, -0.1) is 0 Å². The lowest BCUT2D eigenvalue weighted by Gasteiger charge is -2.11. The molecule has 0 fully saturated rings. The highest BCUT2D eigenvalue weighted by Gasteiger charge is 2.06. The van der Waals surface area contributed by atoms with Crippen molar-refractivity contribution in [2.24, 2.45) is 5.73 Å². The fraction of sp³-hybridized carbons (Fsp3) is 0.909. The minimum absolute atomic E-state index is 0.203. The Labute approximate surface area is 87.0 Å². The molecule has 0 aromatic heterocycles. The van der Waals surface area contributed by atoms with E-state index in [1.807, 2.05) is 0 Å². The molecular weight excluding hydrogens is 178 g/mol. The fourth-order valence-electron chi connectivity index (χ4n) is 1.26. The Balaban J connectivity index is 3.26. The first-order chi connectivity index (χ1) is 6.70. The van der Waals surface area contributed by atoms with Crippen molar-refractivity contribution in [2.75, 3.05) is 0 Å². The van der Waals surface area contributed by atoms with Crippen LogP contribution in [0.4, 0.5) is 0 Å². The molecule has 1 unspecified atom stereocenters. The number of esters is 1. The van der Waals surface area contributed by atoms with Crippen LogP contribution in [0.5, 0.6) is 0 Å². The van der Waals surface area contributed by atoms with Crippen LogP contribution in [0.2, 0.25) is 0 Å². The van der Waals surface area contributed by atoms with Crippen LogP contribution in [0.15, 0.2) is 0 Å². The zero-order valence-electron chi connectivity index (χ0n) is 9.42. The number of carbonyl (C=O) groups is 1. The molecular formula is C11H23NO2. The maximum atomic E-state index is 10.9. The lowest BCUT2D eigenvalue weighted by Crippen LogP contribution is -2.26. The summed E-state index contributed by atoms with van der Waals surface area (Å²) in [6.45, 7) is 3.96. The average Bonchev–Trinajstić information content (AvgIpc) is 2.17. The molecule has 0 aliphatic heterocycles. The largest absolute Gasteiger partial charge is 0.447 e. The summed E-state index contributed by atoms with van der Waals surface area (Å²) >= 11 is 0. The summed E-state index contributed by atoms with van der Waals surface area (Å²) in [7, 11) is 0. The summed E-state index contributed by atoms with van der Waals surface area (Å²) < 4.78 is 4.94. The Bertz CT molecular complexity index is 148. The first-order valence-corrected chi connectivity index (χ1v) is 5.65. The van der Waals surface area contributed by atoms with E-state index >= 15 is 0 Å². The molecule has 3 nitrogen and oxygen atoms in total. The van der Waals surface area contributed by atoms with Gasteiger partial charge in [-0.3, -0.25) is 10.5 Å². The Kier molecular flexibility index (Phi) is 8.64. The minimum atomic E-state index is -0.399. The molecule has 0 aromatic carbocycles. The lowest BCUT2D eigenvalue weighted by molar-refractivity contribution is -0.148. The number of hydrogen-bond donors (Lipinski definition) is 1. The fourth-order valence-corrected chi connectivity index (χ4v) is 1.26. The van der Waals surface area contributed by atoms with Crippen LogP contribution in [-0.4, -0.2) is 12.2 Å². The molecule has 3 heteroatoms. The van der Waals surface area contributed by atoms with Crippen LogP contribution in [0.3, 0.4) is 0 Å². The standard InChI is InChI=1S/C11H23NO2/c1-3-5-6-7-8-9-10(12)14-11(13)4-2/h10H,3-9,12H2,1-2H3. The number of rotatable bonds is 8. The van der Waals surface area contributed by atoms with E-state index in [1.165, 1.54) is 25.7 Å². The van der Waals surface area contributed by atoms with E-state index in [4.69, 9.17) is 10.5 Å². The third-order valence-corrected chi connectivity index (χ3v) is 2.16. The molecule has 0 radical (unpaired) electrons. The van der Waals surface area contributed by atoms with Gasteiger partial charge in [-0.2, -0.15) is 0 Å². The average molecular weight is 201 g/mol. The van der Waals surface area contributed by atoms with Gasteiger partial charge in [-0.05, 0) is 12.8 Å². The van der Waals surface area contributed by atoms with Gasteiger partial charge < -0.3 is 4.74 Å². The molecule has 0 aromatic rings. The summed E-state index contributed by atoms with van der Waals surface area (Å²) in [4.78, 5) is 10.9. The van der Waals surface area contributed by atoms with Crippen molar-refractivity contribution in [3.05, 3.63) is 0 Å². The second-order valence-corrected chi connectivity index (χ2v) is 3.58. The van der Waals surface area contributed by atoms with Crippen LogP contribution >= 0.6 is 0 Å². The highest BCUT2D eigenvalue weighted by molar-refractivity contribution is 5.68. The van der Waals surface area contributed by atoms with Crippen LogP contribution in [-0.2, 0) is 9.53 Å². The Morgan fingerprint density at radius 3 is 2.43 bits per heavy atom. The van der Waals surface area contributed by atoms with Crippen molar-refractivity contribution < 1.29 is 9.53 Å². The van der Waals surface area contributed by atoms with Gasteiger partial charge in [-0.25, -0.2) is 0 Å². The van der Waals surface area contributed by atoms with Gasteiger partial charge in [0.2, 0.25) is 0 Å². The molecule has 2 N–H and O–H groups in total. The van der Waals surface area contributed by atoms with Gasteiger partial charge in [0, 0.05) is 6.42 Å². The van der Waals surface area contributed by atoms with Crippen molar-refractivity contribution in [2.45, 2.75) is 65.0 Å². The van der Waals surface area contributed by atoms with Crippen LogP contribution in [0, 0.1) is 0 Å². The number of ether oxygens (including phenoxy) is 1. The van der Waals surface area contributed by atoms with Crippen LogP contribution in [0.25, 0.3) is 0 Å². The summed E-state index contributed by atoms with van der Waals surface area (Å²) in [6.07, 6.45) is 6.82. The first-order valence-electron chi connectivity index (χ1n) is 5.65. The van der Waals surface area contributed by atoms with Gasteiger partial charge in [0.15, 0.2) is 6.23 Å². The van der Waals surface area contributed by atoms with E-state index in [0.29, 0.717) is 6.42 Å². The number of carbonyl (C=O) groups excluding carboxylic acids is 1. The molecule has 0 rings (SSSR count). The Morgan fingerprint density at radius 1 is 1.21 bits per heavy atom. The van der Waals surface area contributed by atoms with Gasteiger partial charge in [0.25, 0.3) is 0 Å². The van der Waals surface area contributed by atoms with E-state index in [1.54, 1.807) is 6.92 Å². The third kappa shape index (κ3) is 8.05. The summed E-state index contributed by atoms with van der Waals surface area (Å²) in [6, 6.07) is 0. The normalized spacial score (nSPS) is 12.5. The predicted molar refractivity (Wildman–Crippen MR) is 57.7 cm³/mol. The van der Waals surface area contributed by atoms with Gasteiger partial charge in [-0.1, -0.05) is 39.5 Å². The molecule has 0 aliphatic carbocycles. The predicted octanol–water partition coefficient (Wildman–Crippen LogP) is 2.58. The molecule has 0 bridgehead atoms. The SMILES string of the molecule is CCCCCCCC(N)OC(=O)CC. The zero-order valence-corrected chi connectivity index (χ0v) is 9.42. The molecule has 0 heterocycles. The number of unbranched alkanes of at least 4 members (excludes halogenated alkanes) is 4. The Hall–Kier alpha value is -0.570. The summed E-state index contributed by atoms with van der Waals surface area (Å²) in [5.74, 6) is -0.203. The molecule has 0 spiro atoms. The molecule has 14 heavy (non-hydrogen) atoms. The van der Waals surface area contributed by atoms with Gasteiger partial charge in [0.05, 0.1) is 0 Å². The first kappa shape index (κ1) is 13.4. The third-order valence-electron chi connectivity index (χ3n) is 2.16. The van der Waals surface area contributed by atoms with Crippen molar-refractivity contribution >= 4 is 5.97 Å². The van der Waals surface area contributed by atoms with Crippen LogP contribution in [0.1, 0.15) is 58.8 Å². The minimum Gasteiger partial charge on any atom is -0.447 e. The molecule has 84 valence electrons. The monoisotopic (exact) mass is 201 g/mol. The van der Waals surface area contributed by atoms with Crippen molar-refractivity contribution in [1.82, 2.24) is 0 Å². The van der Waals surface area contributed by atoms with Gasteiger partial charge >= 0.3 is 5.97 Å². The molecule has 1 atom stereocenters. The molecule has 0 aliphatic rings. The van der Waals surface area contributed by atoms with Crippen molar-refractivity contribution in [3.8, 4) is 0 Å². The van der Waals surface area contributed by atoms with E-state index in [9.17, 15) is 4.79 Å². The number of hydrogen-bond acceptors (Lipinski definition) is 3. The maximum absolute atomic E-state index is 10.9.